The fourth-order valence-electron chi connectivity index (χ4n) is 3.64. The van der Waals surface area contributed by atoms with Crippen LogP contribution in [0.3, 0.4) is 0 Å². The molecule has 5 nitrogen and oxygen atoms in total. The molecule has 0 bridgehead atoms. The molecule has 2 aliphatic heterocycles. The monoisotopic (exact) mass is 305 g/mol. The second kappa shape index (κ2) is 5.98. The quantitative estimate of drug-likeness (QED) is 0.920. The molecule has 2 fully saturated rings. The Balaban J connectivity index is 1.53. The van der Waals surface area contributed by atoms with Crippen LogP contribution in [-0.4, -0.2) is 36.1 Å². The summed E-state index contributed by atoms with van der Waals surface area (Å²) in [5.41, 5.74) is 2.58. The number of hydrogen-bond acceptors (Lipinski definition) is 5. The number of fused-ring (bicyclic) bond motifs is 1. The van der Waals surface area contributed by atoms with E-state index in [1.165, 1.54) is 6.42 Å². The van der Waals surface area contributed by atoms with E-state index in [0.29, 0.717) is 5.56 Å². The van der Waals surface area contributed by atoms with Crippen molar-refractivity contribution in [3.63, 3.8) is 0 Å². The first-order valence-corrected chi connectivity index (χ1v) is 8.12. The first-order chi connectivity index (χ1) is 11.3. The number of anilines is 1. The predicted molar refractivity (Wildman–Crippen MR) is 88.9 cm³/mol. The minimum absolute atomic E-state index is 0.655. The van der Waals surface area contributed by atoms with Crippen molar-refractivity contribution in [1.82, 2.24) is 15.3 Å². The largest absolute Gasteiger partial charge is 0.340 e. The van der Waals surface area contributed by atoms with E-state index in [-0.39, 0.29) is 0 Å². The average Bonchev–Trinajstić information content (AvgIpc) is 3.06. The number of benzene rings is 1. The van der Waals surface area contributed by atoms with Crippen molar-refractivity contribution in [1.29, 1.82) is 5.26 Å². The predicted octanol–water partition coefficient (Wildman–Crippen LogP) is 2.06. The van der Waals surface area contributed by atoms with Crippen LogP contribution in [0.2, 0.25) is 0 Å². The van der Waals surface area contributed by atoms with Gasteiger partial charge >= 0.3 is 0 Å². The maximum absolute atomic E-state index is 9.01. The second-order valence-corrected chi connectivity index (χ2v) is 6.38. The molecule has 116 valence electrons. The molecule has 23 heavy (non-hydrogen) atoms. The molecule has 2 aliphatic rings. The van der Waals surface area contributed by atoms with Crippen LogP contribution >= 0.6 is 0 Å². The Kier molecular flexibility index (Phi) is 3.68. The van der Waals surface area contributed by atoms with Gasteiger partial charge in [-0.1, -0.05) is 12.1 Å². The average molecular weight is 305 g/mol. The number of nitriles is 1. The molecule has 1 aromatic carbocycles. The van der Waals surface area contributed by atoms with Crippen LogP contribution < -0.4 is 10.2 Å². The van der Waals surface area contributed by atoms with Crippen molar-refractivity contribution in [3.8, 4) is 17.2 Å². The summed E-state index contributed by atoms with van der Waals surface area (Å²) in [6.45, 7) is 4.35. The minimum atomic E-state index is 0.655. The Morgan fingerprint density at radius 1 is 1.13 bits per heavy atom. The highest BCUT2D eigenvalue weighted by atomic mass is 15.3. The number of hydrogen-bond donors (Lipinski definition) is 1. The van der Waals surface area contributed by atoms with Gasteiger partial charge in [0.2, 0.25) is 5.95 Å². The first-order valence-electron chi connectivity index (χ1n) is 8.12. The summed E-state index contributed by atoms with van der Waals surface area (Å²) in [4.78, 5) is 11.4. The normalized spacial score (nSPS) is 23.3. The zero-order valence-corrected chi connectivity index (χ0v) is 12.9. The van der Waals surface area contributed by atoms with Gasteiger partial charge in [0.05, 0.1) is 11.6 Å². The van der Waals surface area contributed by atoms with Gasteiger partial charge in [-0.2, -0.15) is 5.26 Å². The third-order valence-electron chi connectivity index (χ3n) is 4.92. The van der Waals surface area contributed by atoms with Gasteiger partial charge in [-0.05, 0) is 49.0 Å². The van der Waals surface area contributed by atoms with Gasteiger partial charge < -0.3 is 10.2 Å². The molecule has 2 aromatic rings. The van der Waals surface area contributed by atoms with Gasteiger partial charge in [-0.25, -0.2) is 9.97 Å². The summed E-state index contributed by atoms with van der Waals surface area (Å²) >= 11 is 0. The third-order valence-corrected chi connectivity index (χ3v) is 4.92. The molecule has 0 spiro atoms. The molecule has 1 aromatic heterocycles. The lowest BCUT2D eigenvalue weighted by molar-refractivity contribution is 0.318. The van der Waals surface area contributed by atoms with Crippen LogP contribution in [0.1, 0.15) is 12.0 Å². The van der Waals surface area contributed by atoms with E-state index in [1.54, 1.807) is 6.07 Å². The lowest BCUT2D eigenvalue weighted by Crippen LogP contribution is -2.35. The van der Waals surface area contributed by atoms with E-state index in [4.69, 9.17) is 5.26 Å². The molecule has 0 radical (unpaired) electrons. The van der Waals surface area contributed by atoms with Crippen LogP contribution in [0.5, 0.6) is 0 Å². The Morgan fingerprint density at radius 2 is 1.96 bits per heavy atom. The maximum atomic E-state index is 9.01. The minimum Gasteiger partial charge on any atom is -0.340 e. The molecule has 1 N–H and O–H groups in total. The lowest BCUT2D eigenvalue weighted by Gasteiger charge is -2.23. The molecule has 0 saturated carbocycles. The molecule has 3 heterocycles. The topological polar surface area (TPSA) is 64.8 Å². The number of aromatic nitrogens is 2. The van der Waals surface area contributed by atoms with E-state index >= 15 is 0 Å². The highest BCUT2D eigenvalue weighted by Crippen LogP contribution is 2.30. The first kappa shape index (κ1) is 14.2. The molecular weight excluding hydrogens is 286 g/mol. The van der Waals surface area contributed by atoms with E-state index in [0.717, 1.165) is 55.1 Å². The molecule has 5 heteroatoms. The summed E-state index contributed by atoms with van der Waals surface area (Å²) in [7, 11) is 0. The summed E-state index contributed by atoms with van der Waals surface area (Å²) in [6, 6.07) is 9.71. The number of piperidine rings is 1. The van der Waals surface area contributed by atoms with Crippen molar-refractivity contribution in [2.45, 2.75) is 6.42 Å². The Bertz CT molecular complexity index is 720. The van der Waals surface area contributed by atoms with Crippen molar-refractivity contribution >= 4 is 5.95 Å². The summed E-state index contributed by atoms with van der Waals surface area (Å²) < 4.78 is 0. The van der Waals surface area contributed by atoms with Gasteiger partial charge in [0.1, 0.15) is 0 Å². The second-order valence-electron chi connectivity index (χ2n) is 6.38. The standard InChI is InChI=1S/C18H19N5/c19-7-13-2-1-3-14(6-13)16-9-21-18(22-10-16)23-11-15-4-5-20-8-17(15)12-23/h1-3,6,9-10,15,17,20H,4-5,8,11-12H2/t15-,17+/m1/s1. The van der Waals surface area contributed by atoms with Crippen molar-refractivity contribution in [2.75, 3.05) is 31.1 Å². The highest BCUT2D eigenvalue weighted by molar-refractivity contribution is 5.64. The molecule has 2 saturated heterocycles. The fraction of sp³-hybridized carbons (Fsp3) is 0.389. The van der Waals surface area contributed by atoms with Crippen LogP contribution in [-0.2, 0) is 0 Å². The molecular formula is C18H19N5. The number of nitrogens with one attached hydrogen (secondary N) is 1. The van der Waals surface area contributed by atoms with Crippen molar-refractivity contribution < 1.29 is 0 Å². The fourth-order valence-corrected chi connectivity index (χ4v) is 3.64. The number of nitrogens with zero attached hydrogens (tertiary/aromatic N) is 4. The van der Waals surface area contributed by atoms with Crippen molar-refractivity contribution in [2.24, 2.45) is 11.8 Å². The van der Waals surface area contributed by atoms with E-state index in [2.05, 4.69) is 26.3 Å². The maximum Gasteiger partial charge on any atom is 0.225 e. The zero-order valence-electron chi connectivity index (χ0n) is 12.9. The van der Waals surface area contributed by atoms with Crippen LogP contribution in [0.4, 0.5) is 5.95 Å². The summed E-state index contributed by atoms with van der Waals surface area (Å²) in [5, 5.41) is 12.5. The van der Waals surface area contributed by atoms with E-state index in [9.17, 15) is 0 Å². The molecule has 0 amide bonds. The Morgan fingerprint density at radius 3 is 2.74 bits per heavy atom. The highest BCUT2D eigenvalue weighted by Gasteiger charge is 2.35. The summed E-state index contributed by atoms with van der Waals surface area (Å²) in [6.07, 6.45) is 4.97. The lowest BCUT2D eigenvalue weighted by atomic mass is 9.90. The Hall–Kier alpha value is -2.45. The van der Waals surface area contributed by atoms with Gasteiger partial charge in [0.25, 0.3) is 0 Å². The van der Waals surface area contributed by atoms with Crippen LogP contribution in [0, 0.1) is 23.2 Å². The molecule has 0 unspecified atom stereocenters. The van der Waals surface area contributed by atoms with Crippen LogP contribution in [0.25, 0.3) is 11.1 Å². The number of rotatable bonds is 2. The SMILES string of the molecule is N#Cc1cccc(-c2cnc(N3C[C@H]4CCNC[C@H]4C3)nc2)c1. The van der Waals surface area contributed by atoms with Crippen molar-refractivity contribution in [3.05, 3.63) is 42.2 Å². The summed E-state index contributed by atoms with van der Waals surface area (Å²) in [5.74, 6) is 2.31. The van der Waals surface area contributed by atoms with Gasteiger partial charge in [0, 0.05) is 31.0 Å². The van der Waals surface area contributed by atoms with E-state index < -0.39 is 0 Å². The molecule has 4 rings (SSSR count). The van der Waals surface area contributed by atoms with E-state index in [1.807, 2.05) is 30.6 Å². The van der Waals surface area contributed by atoms with Gasteiger partial charge in [-0.15, -0.1) is 0 Å². The van der Waals surface area contributed by atoms with Gasteiger partial charge in [0.15, 0.2) is 0 Å². The van der Waals surface area contributed by atoms with Crippen LogP contribution in [0.15, 0.2) is 36.7 Å². The molecule has 0 aliphatic carbocycles. The van der Waals surface area contributed by atoms with Gasteiger partial charge in [-0.3, -0.25) is 0 Å². The third kappa shape index (κ3) is 2.78. The smallest absolute Gasteiger partial charge is 0.225 e. The zero-order chi connectivity index (χ0) is 15.6. The molecule has 2 atom stereocenters. The Labute approximate surface area is 136 Å².